The molecule has 66 valence electrons. The van der Waals surface area contributed by atoms with Crippen molar-refractivity contribution in [3.8, 4) is 11.3 Å². The van der Waals surface area contributed by atoms with Crippen LogP contribution in [0.4, 0.5) is 5.82 Å². The van der Waals surface area contributed by atoms with E-state index in [-0.39, 0.29) is 0 Å². The van der Waals surface area contributed by atoms with Crippen LogP contribution in [0.25, 0.3) is 11.3 Å². The first-order valence-electron chi connectivity index (χ1n) is 4.29. The minimum absolute atomic E-state index is 1.02. The molecule has 2 aromatic heterocycles. The molecule has 1 aliphatic heterocycles. The zero-order chi connectivity index (χ0) is 8.67. The van der Waals surface area contributed by atoms with Gasteiger partial charge in [-0.15, -0.1) is 0 Å². The van der Waals surface area contributed by atoms with Gasteiger partial charge in [0.2, 0.25) is 0 Å². The Morgan fingerprint density at radius 2 is 2.46 bits per heavy atom. The van der Waals surface area contributed by atoms with Gasteiger partial charge in [-0.1, -0.05) is 0 Å². The van der Waals surface area contributed by atoms with E-state index in [4.69, 9.17) is 0 Å². The van der Waals surface area contributed by atoms with Crippen molar-refractivity contribution in [2.45, 2.75) is 6.42 Å². The summed E-state index contributed by atoms with van der Waals surface area (Å²) < 4.78 is 0. The van der Waals surface area contributed by atoms with Crippen molar-refractivity contribution >= 4 is 17.2 Å². The molecule has 4 heteroatoms. The second-order valence-corrected chi connectivity index (χ2v) is 3.89. The highest BCUT2D eigenvalue weighted by atomic mass is 32.1. The van der Waals surface area contributed by atoms with E-state index in [1.54, 1.807) is 11.3 Å². The van der Waals surface area contributed by atoms with Crippen LogP contribution in [0.1, 0.15) is 5.56 Å². The van der Waals surface area contributed by atoms with Crippen LogP contribution in [-0.2, 0) is 6.42 Å². The van der Waals surface area contributed by atoms with Gasteiger partial charge in [-0.25, -0.2) is 0 Å². The molecule has 0 aromatic carbocycles. The van der Waals surface area contributed by atoms with E-state index in [9.17, 15) is 0 Å². The van der Waals surface area contributed by atoms with Gasteiger partial charge in [-0.05, 0) is 17.9 Å². The summed E-state index contributed by atoms with van der Waals surface area (Å²) in [7, 11) is 0. The topological polar surface area (TPSA) is 40.7 Å². The van der Waals surface area contributed by atoms with Crippen LogP contribution < -0.4 is 5.32 Å². The monoisotopic (exact) mass is 191 g/mol. The number of nitrogens with one attached hydrogen (secondary N) is 2. The maximum Gasteiger partial charge on any atom is 0.151 e. The molecule has 13 heavy (non-hydrogen) atoms. The molecule has 0 fully saturated rings. The zero-order valence-corrected chi connectivity index (χ0v) is 7.82. The lowest BCUT2D eigenvalue weighted by atomic mass is 10.1. The smallest absolute Gasteiger partial charge is 0.151 e. The van der Waals surface area contributed by atoms with Gasteiger partial charge in [-0.2, -0.15) is 16.4 Å². The predicted molar refractivity (Wildman–Crippen MR) is 54.1 cm³/mol. The Kier molecular flexibility index (Phi) is 1.43. The first kappa shape index (κ1) is 7.15. The largest absolute Gasteiger partial charge is 0.368 e. The normalized spacial score (nSPS) is 14.2. The standard InChI is InChI=1S/C9H9N3S/c1-3-10-9-7(1)8(11-12-9)6-2-4-13-5-6/h2,4-5H,1,3H2,(H2,10,11,12). The van der Waals surface area contributed by atoms with E-state index in [2.05, 4.69) is 32.3 Å². The number of anilines is 1. The first-order chi connectivity index (χ1) is 6.45. The number of aromatic nitrogens is 2. The van der Waals surface area contributed by atoms with Crippen molar-refractivity contribution in [1.82, 2.24) is 10.2 Å². The molecule has 0 saturated heterocycles. The second-order valence-electron chi connectivity index (χ2n) is 3.11. The second kappa shape index (κ2) is 2.60. The number of aromatic amines is 1. The number of H-pyrrole nitrogens is 1. The average molecular weight is 191 g/mol. The first-order valence-corrected chi connectivity index (χ1v) is 5.23. The molecule has 3 rings (SSSR count). The van der Waals surface area contributed by atoms with Crippen molar-refractivity contribution in [3.63, 3.8) is 0 Å². The maximum absolute atomic E-state index is 4.22. The van der Waals surface area contributed by atoms with Gasteiger partial charge in [0, 0.05) is 23.1 Å². The lowest BCUT2D eigenvalue weighted by Crippen LogP contribution is -1.94. The number of hydrogen-bond donors (Lipinski definition) is 2. The fourth-order valence-corrected chi connectivity index (χ4v) is 2.35. The SMILES string of the molecule is c1cc(-c2[nH]nc3c2CCN3)cs1. The van der Waals surface area contributed by atoms with Gasteiger partial charge in [-0.3, -0.25) is 5.10 Å². The molecule has 3 heterocycles. The number of hydrogen-bond acceptors (Lipinski definition) is 3. The molecule has 0 unspecified atom stereocenters. The van der Waals surface area contributed by atoms with Gasteiger partial charge < -0.3 is 5.32 Å². The number of nitrogens with zero attached hydrogens (tertiary/aromatic N) is 1. The van der Waals surface area contributed by atoms with E-state index in [1.807, 2.05) is 0 Å². The third-order valence-electron chi connectivity index (χ3n) is 2.34. The summed E-state index contributed by atoms with van der Waals surface area (Å²) in [4.78, 5) is 0. The van der Waals surface area contributed by atoms with E-state index in [0.29, 0.717) is 0 Å². The fourth-order valence-electron chi connectivity index (χ4n) is 1.71. The molecule has 0 amide bonds. The van der Waals surface area contributed by atoms with Crippen molar-refractivity contribution in [2.24, 2.45) is 0 Å². The summed E-state index contributed by atoms with van der Waals surface area (Å²) >= 11 is 1.72. The van der Waals surface area contributed by atoms with E-state index in [0.717, 1.165) is 18.8 Å². The Morgan fingerprint density at radius 1 is 1.46 bits per heavy atom. The predicted octanol–water partition coefficient (Wildman–Crippen LogP) is 2.11. The number of fused-ring (bicyclic) bond motifs is 1. The molecule has 2 aromatic rings. The highest BCUT2D eigenvalue weighted by Crippen LogP contribution is 2.31. The summed E-state index contributed by atoms with van der Waals surface area (Å²) in [6.07, 6.45) is 1.08. The van der Waals surface area contributed by atoms with Crippen LogP contribution in [0.15, 0.2) is 16.8 Å². The van der Waals surface area contributed by atoms with Crippen molar-refractivity contribution in [3.05, 3.63) is 22.4 Å². The molecular formula is C9H9N3S. The molecule has 0 atom stereocenters. The van der Waals surface area contributed by atoms with Gasteiger partial charge in [0.15, 0.2) is 5.82 Å². The summed E-state index contributed by atoms with van der Waals surface area (Å²) in [5.41, 5.74) is 3.77. The zero-order valence-electron chi connectivity index (χ0n) is 7.00. The molecule has 0 radical (unpaired) electrons. The van der Waals surface area contributed by atoms with Crippen LogP contribution in [0.5, 0.6) is 0 Å². The van der Waals surface area contributed by atoms with Crippen LogP contribution in [0.2, 0.25) is 0 Å². The van der Waals surface area contributed by atoms with Gasteiger partial charge in [0.05, 0.1) is 5.69 Å². The average Bonchev–Trinajstić information content (AvgIpc) is 2.79. The van der Waals surface area contributed by atoms with E-state index >= 15 is 0 Å². The Balaban J connectivity index is 2.16. The molecule has 0 aliphatic carbocycles. The molecule has 0 spiro atoms. The summed E-state index contributed by atoms with van der Waals surface area (Å²) in [6, 6.07) is 2.12. The Labute approximate surface area is 79.8 Å². The molecule has 3 nitrogen and oxygen atoms in total. The summed E-state index contributed by atoms with van der Waals surface area (Å²) in [6.45, 7) is 1.02. The molecule has 0 saturated carbocycles. The lowest BCUT2D eigenvalue weighted by Gasteiger charge is -1.93. The quantitative estimate of drug-likeness (QED) is 0.724. The van der Waals surface area contributed by atoms with E-state index in [1.165, 1.54) is 16.8 Å². The van der Waals surface area contributed by atoms with Crippen LogP contribution >= 0.6 is 11.3 Å². The number of thiophene rings is 1. The molecule has 0 bridgehead atoms. The van der Waals surface area contributed by atoms with Crippen LogP contribution in [-0.4, -0.2) is 16.7 Å². The number of rotatable bonds is 1. The maximum atomic E-state index is 4.22. The van der Waals surface area contributed by atoms with Crippen molar-refractivity contribution in [2.75, 3.05) is 11.9 Å². The summed E-state index contributed by atoms with van der Waals surface area (Å²) in [5.74, 6) is 1.03. The Morgan fingerprint density at radius 3 is 3.31 bits per heavy atom. The summed E-state index contributed by atoms with van der Waals surface area (Å²) in [5, 5.41) is 14.8. The Bertz CT molecular complexity index is 416. The third kappa shape index (κ3) is 0.986. The fraction of sp³-hybridized carbons (Fsp3) is 0.222. The minimum atomic E-state index is 1.02. The van der Waals surface area contributed by atoms with Gasteiger partial charge >= 0.3 is 0 Å². The van der Waals surface area contributed by atoms with Gasteiger partial charge in [0.25, 0.3) is 0 Å². The molecule has 1 aliphatic rings. The highest BCUT2D eigenvalue weighted by Gasteiger charge is 2.18. The third-order valence-corrected chi connectivity index (χ3v) is 3.03. The van der Waals surface area contributed by atoms with E-state index < -0.39 is 0 Å². The Hall–Kier alpha value is -1.29. The minimum Gasteiger partial charge on any atom is -0.368 e. The van der Waals surface area contributed by atoms with Crippen LogP contribution in [0, 0.1) is 0 Å². The van der Waals surface area contributed by atoms with Gasteiger partial charge in [0.1, 0.15) is 0 Å². The highest BCUT2D eigenvalue weighted by molar-refractivity contribution is 7.08. The molecule has 2 N–H and O–H groups in total. The molecular weight excluding hydrogens is 182 g/mol. The van der Waals surface area contributed by atoms with Crippen molar-refractivity contribution < 1.29 is 0 Å². The van der Waals surface area contributed by atoms with Crippen molar-refractivity contribution in [1.29, 1.82) is 0 Å². The lowest BCUT2D eigenvalue weighted by molar-refractivity contribution is 1.04. The van der Waals surface area contributed by atoms with Crippen LogP contribution in [0.3, 0.4) is 0 Å².